The van der Waals surface area contributed by atoms with Crippen molar-refractivity contribution in [3.05, 3.63) is 35.4 Å². The van der Waals surface area contributed by atoms with Crippen molar-refractivity contribution in [3.63, 3.8) is 0 Å². The Morgan fingerprint density at radius 1 is 1.15 bits per heavy atom. The molecule has 0 heterocycles. The molecular weight excluding hydrogens is 345 g/mol. The summed E-state index contributed by atoms with van der Waals surface area (Å²) in [4.78, 5) is 15.6. The highest BCUT2D eigenvalue weighted by Crippen LogP contribution is 2.31. The van der Waals surface area contributed by atoms with Crippen molar-refractivity contribution in [2.45, 2.75) is 39.3 Å². The molecule has 0 radical (unpaired) electrons. The van der Waals surface area contributed by atoms with Crippen LogP contribution in [0, 0.1) is 0 Å². The molecule has 0 aliphatic rings. The second-order valence-electron chi connectivity index (χ2n) is 5.89. The van der Waals surface area contributed by atoms with E-state index in [2.05, 4.69) is 20.9 Å². The first-order valence-corrected chi connectivity index (χ1v) is 8.73. The molecule has 1 atom stereocenters. The van der Waals surface area contributed by atoms with E-state index in [0.717, 1.165) is 6.07 Å². The molecule has 1 amide bonds. The fourth-order valence-corrected chi connectivity index (χ4v) is 2.34. The van der Waals surface area contributed by atoms with Crippen LogP contribution in [0.2, 0.25) is 0 Å². The van der Waals surface area contributed by atoms with Crippen LogP contribution in [0.15, 0.2) is 29.3 Å². The number of amides is 1. The van der Waals surface area contributed by atoms with Crippen LogP contribution in [0.3, 0.4) is 0 Å². The standard InChI is InChI=1S/C18H27F3N4O/c1-4-22-16(26)12-25-17(23-5-2)24-10-9-13(3)14-7-6-8-15(11-14)18(19,20)21/h6-8,11,13H,4-5,9-10,12H2,1-3H3,(H,22,26)(H2,23,24,25). The van der Waals surface area contributed by atoms with Gasteiger partial charge in [0.1, 0.15) is 6.54 Å². The van der Waals surface area contributed by atoms with Crippen molar-refractivity contribution >= 4 is 11.9 Å². The molecule has 8 heteroatoms. The van der Waals surface area contributed by atoms with E-state index in [9.17, 15) is 18.0 Å². The number of guanidine groups is 1. The Labute approximate surface area is 152 Å². The lowest BCUT2D eigenvalue weighted by Crippen LogP contribution is -2.39. The normalized spacial score (nSPS) is 13.2. The predicted molar refractivity (Wildman–Crippen MR) is 97.1 cm³/mol. The molecule has 1 aromatic rings. The number of hydrogen-bond acceptors (Lipinski definition) is 2. The molecule has 0 aliphatic heterocycles. The molecule has 146 valence electrons. The van der Waals surface area contributed by atoms with Gasteiger partial charge < -0.3 is 16.0 Å². The summed E-state index contributed by atoms with van der Waals surface area (Å²) in [6, 6.07) is 5.40. The molecule has 1 rings (SSSR count). The van der Waals surface area contributed by atoms with Gasteiger partial charge in [0.05, 0.1) is 5.56 Å². The zero-order valence-electron chi connectivity index (χ0n) is 15.4. The fraction of sp³-hybridized carbons (Fsp3) is 0.556. The van der Waals surface area contributed by atoms with E-state index in [-0.39, 0.29) is 18.4 Å². The van der Waals surface area contributed by atoms with Gasteiger partial charge in [-0.25, -0.2) is 4.99 Å². The molecule has 0 aliphatic carbocycles. The number of nitrogens with zero attached hydrogens (tertiary/aromatic N) is 1. The molecule has 1 unspecified atom stereocenters. The van der Waals surface area contributed by atoms with Gasteiger partial charge in [0.2, 0.25) is 5.91 Å². The van der Waals surface area contributed by atoms with Gasteiger partial charge in [0, 0.05) is 19.6 Å². The first-order chi connectivity index (χ1) is 12.3. The Bertz CT molecular complexity index is 602. The number of carbonyl (C=O) groups excluding carboxylic acids is 1. The largest absolute Gasteiger partial charge is 0.416 e. The number of rotatable bonds is 8. The van der Waals surface area contributed by atoms with Crippen molar-refractivity contribution in [1.82, 2.24) is 16.0 Å². The van der Waals surface area contributed by atoms with Crippen molar-refractivity contribution in [1.29, 1.82) is 0 Å². The van der Waals surface area contributed by atoms with Gasteiger partial charge in [-0.1, -0.05) is 25.1 Å². The van der Waals surface area contributed by atoms with E-state index < -0.39 is 11.7 Å². The van der Waals surface area contributed by atoms with Crippen molar-refractivity contribution in [2.75, 3.05) is 26.2 Å². The number of halogens is 3. The quantitative estimate of drug-likeness (QED) is 0.486. The first-order valence-electron chi connectivity index (χ1n) is 8.73. The third kappa shape index (κ3) is 7.76. The highest BCUT2D eigenvalue weighted by atomic mass is 19.4. The fourth-order valence-electron chi connectivity index (χ4n) is 2.34. The smallest absolute Gasteiger partial charge is 0.357 e. The van der Waals surface area contributed by atoms with Crippen LogP contribution in [-0.2, 0) is 11.0 Å². The summed E-state index contributed by atoms with van der Waals surface area (Å²) in [6.45, 7) is 7.37. The van der Waals surface area contributed by atoms with Crippen LogP contribution in [0.5, 0.6) is 0 Å². The third-order valence-corrected chi connectivity index (χ3v) is 3.75. The van der Waals surface area contributed by atoms with Gasteiger partial charge >= 0.3 is 6.18 Å². The molecule has 0 spiro atoms. The number of aliphatic imine (C=N–C) groups is 1. The maximum absolute atomic E-state index is 12.8. The van der Waals surface area contributed by atoms with E-state index >= 15 is 0 Å². The molecule has 5 nitrogen and oxygen atoms in total. The Morgan fingerprint density at radius 2 is 1.85 bits per heavy atom. The molecular formula is C18H27F3N4O. The monoisotopic (exact) mass is 372 g/mol. The Balaban J connectivity index is 2.58. The Morgan fingerprint density at radius 3 is 2.46 bits per heavy atom. The number of likely N-dealkylation sites (N-methyl/N-ethyl adjacent to an activating group) is 1. The van der Waals surface area contributed by atoms with Crippen LogP contribution in [0.4, 0.5) is 13.2 Å². The number of benzene rings is 1. The summed E-state index contributed by atoms with van der Waals surface area (Å²) in [6.07, 6.45) is -3.70. The lowest BCUT2D eigenvalue weighted by molar-refractivity contribution is -0.137. The summed E-state index contributed by atoms with van der Waals surface area (Å²) in [7, 11) is 0. The van der Waals surface area contributed by atoms with E-state index in [1.165, 1.54) is 12.1 Å². The summed E-state index contributed by atoms with van der Waals surface area (Å²) < 4.78 is 38.4. The summed E-state index contributed by atoms with van der Waals surface area (Å²) in [5, 5.41) is 8.80. The van der Waals surface area contributed by atoms with E-state index in [1.54, 1.807) is 6.07 Å². The molecule has 0 saturated carbocycles. The number of hydrogen-bond donors (Lipinski definition) is 3. The lowest BCUT2D eigenvalue weighted by atomic mass is 9.96. The Kier molecular flexibility index (Phi) is 8.95. The van der Waals surface area contributed by atoms with E-state index in [1.807, 2.05) is 20.8 Å². The minimum Gasteiger partial charge on any atom is -0.357 e. The lowest BCUT2D eigenvalue weighted by Gasteiger charge is -2.16. The summed E-state index contributed by atoms with van der Waals surface area (Å²) >= 11 is 0. The SMILES string of the molecule is CCNC(=O)CN=C(NCC)NCCC(C)c1cccc(C(F)(F)F)c1. The second-order valence-corrected chi connectivity index (χ2v) is 5.89. The average Bonchev–Trinajstić information content (AvgIpc) is 2.59. The van der Waals surface area contributed by atoms with Crippen LogP contribution in [0.25, 0.3) is 0 Å². The molecule has 1 aromatic carbocycles. The maximum atomic E-state index is 12.8. The van der Waals surface area contributed by atoms with Crippen molar-refractivity contribution in [2.24, 2.45) is 4.99 Å². The van der Waals surface area contributed by atoms with Gasteiger partial charge in [-0.15, -0.1) is 0 Å². The van der Waals surface area contributed by atoms with Crippen LogP contribution in [-0.4, -0.2) is 38.0 Å². The molecule has 0 bridgehead atoms. The number of carbonyl (C=O) groups is 1. The first kappa shape index (κ1) is 21.8. The van der Waals surface area contributed by atoms with Crippen LogP contribution in [0.1, 0.15) is 44.2 Å². The van der Waals surface area contributed by atoms with Crippen molar-refractivity contribution < 1.29 is 18.0 Å². The number of nitrogens with one attached hydrogen (secondary N) is 3. The minimum absolute atomic E-state index is 0.0202. The predicted octanol–water partition coefficient (Wildman–Crippen LogP) is 2.89. The zero-order chi connectivity index (χ0) is 19.6. The maximum Gasteiger partial charge on any atom is 0.416 e. The van der Waals surface area contributed by atoms with Crippen LogP contribution < -0.4 is 16.0 Å². The van der Waals surface area contributed by atoms with Gasteiger partial charge in [0.25, 0.3) is 0 Å². The van der Waals surface area contributed by atoms with Crippen molar-refractivity contribution in [3.8, 4) is 0 Å². The van der Waals surface area contributed by atoms with Crippen LogP contribution >= 0.6 is 0 Å². The molecule has 0 saturated heterocycles. The highest BCUT2D eigenvalue weighted by molar-refractivity contribution is 5.84. The second kappa shape index (κ2) is 10.7. The molecule has 0 aromatic heterocycles. The van der Waals surface area contributed by atoms with Gasteiger partial charge in [-0.2, -0.15) is 13.2 Å². The van der Waals surface area contributed by atoms with Gasteiger partial charge in [-0.3, -0.25) is 4.79 Å². The summed E-state index contributed by atoms with van der Waals surface area (Å²) in [5.74, 6) is 0.299. The van der Waals surface area contributed by atoms with E-state index in [4.69, 9.17) is 0 Å². The topological polar surface area (TPSA) is 65.5 Å². The van der Waals surface area contributed by atoms with E-state index in [0.29, 0.717) is 37.6 Å². The summed E-state index contributed by atoms with van der Waals surface area (Å²) in [5.41, 5.74) is 0.0116. The average molecular weight is 372 g/mol. The third-order valence-electron chi connectivity index (χ3n) is 3.75. The minimum atomic E-state index is -4.34. The number of alkyl halides is 3. The van der Waals surface area contributed by atoms with Gasteiger partial charge in [-0.05, 0) is 37.8 Å². The Hall–Kier alpha value is -2.25. The zero-order valence-corrected chi connectivity index (χ0v) is 15.4. The molecule has 0 fully saturated rings. The molecule has 26 heavy (non-hydrogen) atoms. The molecule has 3 N–H and O–H groups in total. The van der Waals surface area contributed by atoms with Gasteiger partial charge in [0.15, 0.2) is 5.96 Å². The highest BCUT2D eigenvalue weighted by Gasteiger charge is 2.30.